The van der Waals surface area contributed by atoms with E-state index in [-0.39, 0.29) is 5.91 Å². The van der Waals surface area contributed by atoms with Crippen LogP contribution in [0.4, 0.5) is 0 Å². The Kier molecular flexibility index (Phi) is 4.65. The van der Waals surface area contributed by atoms with Gasteiger partial charge in [-0.3, -0.25) is 4.79 Å². The summed E-state index contributed by atoms with van der Waals surface area (Å²) in [6, 6.07) is 9.13. The minimum absolute atomic E-state index is 0.0903. The molecule has 0 aromatic heterocycles. The fraction of sp³-hybridized carbons (Fsp3) is 0.273. The molecule has 3 nitrogen and oxygen atoms in total. The average molecular weight is 223 g/mol. The minimum Gasteiger partial charge on any atom is -0.355 e. The van der Waals surface area contributed by atoms with Crippen molar-refractivity contribution in [3.63, 3.8) is 0 Å². The number of nitrogens with one attached hydrogen (secondary N) is 1. The fourth-order valence-corrected chi connectivity index (χ4v) is 1.37. The molecule has 1 amide bonds. The number of carbonyl (C=O) groups is 1. The Bertz CT molecular complexity index is 384. The second kappa shape index (κ2) is 6.05. The fourth-order valence-electron chi connectivity index (χ4n) is 1.15. The van der Waals surface area contributed by atoms with Gasteiger partial charge in [-0.15, -0.1) is 0 Å². The molecule has 0 radical (unpaired) electrons. The maximum Gasteiger partial charge on any atom is 0.224 e. The van der Waals surface area contributed by atoms with Gasteiger partial charge >= 0.3 is 0 Å². The molecule has 0 bridgehead atoms. The van der Waals surface area contributed by atoms with Gasteiger partial charge in [-0.1, -0.05) is 23.7 Å². The monoisotopic (exact) mass is 222 g/mol. The first-order valence-electron chi connectivity index (χ1n) is 4.60. The third-order valence-corrected chi connectivity index (χ3v) is 2.05. The first-order chi connectivity index (χ1) is 7.22. The van der Waals surface area contributed by atoms with Crippen LogP contribution in [0, 0.1) is 11.3 Å². The molecule has 1 rings (SSSR count). The van der Waals surface area contributed by atoms with E-state index in [0.717, 1.165) is 5.56 Å². The maximum atomic E-state index is 11.3. The van der Waals surface area contributed by atoms with E-state index in [0.29, 0.717) is 24.4 Å². The zero-order chi connectivity index (χ0) is 11.1. The van der Waals surface area contributed by atoms with Crippen LogP contribution in [0.25, 0.3) is 0 Å². The van der Waals surface area contributed by atoms with Crippen molar-refractivity contribution in [1.29, 1.82) is 5.26 Å². The zero-order valence-electron chi connectivity index (χ0n) is 8.16. The lowest BCUT2D eigenvalue weighted by Crippen LogP contribution is -2.25. The number of nitrogens with zero attached hydrogens (tertiary/aromatic N) is 1. The highest BCUT2D eigenvalue weighted by molar-refractivity contribution is 6.30. The zero-order valence-corrected chi connectivity index (χ0v) is 8.92. The summed E-state index contributed by atoms with van der Waals surface area (Å²) in [6.45, 7) is 0.399. The minimum atomic E-state index is -0.0903. The van der Waals surface area contributed by atoms with Crippen molar-refractivity contribution in [3.8, 4) is 6.07 Å². The molecule has 0 atom stereocenters. The maximum absolute atomic E-state index is 11.3. The summed E-state index contributed by atoms with van der Waals surface area (Å²) < 4.78 is 0. The number of halogens is 1. The molecule has 0 aliphatic carbocycles. The van der Waals surface area contributed by atoms with Gasteiger partial charge in [0.1, 0.15) is 0 Å². The van der Waals surface area contributed by atoms with Crippen LogP contribution in [0.15, 0.2) is 24.3 Å². The molecule has 4 heteroatoms. The highest BCUT2D eigenvalue weighted by Gasteiger charge is 2.02. The number of hydrogen-bond acceptors (Lipinski definition) is 2. The van der Waals surface area contributed by atoms with Crippen molar-refractivity contribution in [3.05, 3.63) is 34.9 Å². The molecule has 1 aromatic rings. The quantitative estimate of drug-likeness (QED) is 0.792. The second-order valence-corrected chi connectivity index (χ2v) is 3.50. The number of carbonyl (C=O) groups excluding carboxylic acids is 1. The Balaban J connectivity index is 2.42. The number of hydrogen-bond donors (Lipinski definition) is 1. The Hall–Kier alpha value is -1.53. The lowest BCUT2D eigenvalue weighted by molar-refractivity contribution is -0.120. The average Bonchev–Trinajstić information content (AvgIpc) is 2.18. The molecule has 0 saturated carbocycles. The van der Waals surface area contributed by atoms with Crippen LogP contribution < -0.4 is 5.32 Å². The van der Waals surface area contributed by atoms with Gasteiger partial charge < -0.3 is 5.32 Å². The summed E-state index contributed by atoms with van der Waals surface area (Å²) in [5.41, 5.74) is 0.872. The lowest BCUT2D eigenvalue weighted by atomic mass is 10.1. The van der Waals surface area contributed by atoms with E-state index in [9.17, 15) is 4.79 Å². The second-order valence-electron chi connectivity index (χ2n) is 3.06. The predicted molar refractivity (Wildman–Crippen MR) is 58.4 cm³/mol. The third-order valence-electron chi connectivity index (χ3n) is 1.81. The summed E-state index contributed by atoms with van der Waals surface area (Å²) in [4.78, 5) is 11.3. The van der Waals surface area contributed by atoms with Crippen LogP contribution in [-0.2, 0) is 11.2 Å². The van der Waals surface area contributed by atoms with E-state index in [4.69, 9.17) is 16.9 Å². The Labute approximate surface area is 93.7 Å². The molecular formula is C11H11ClN2O. The number of benzene rings is 1. The lowest BCUT2D eigenvalue weighted by Gasteiger charge is -2.03. The van der Waals surface area contributed by atoms with Crippen molar-refractivity contribution < 1.29 is 4.79 Å². The summed E-state index contributed by atoms with van der Waals surface area (Å²) in [7, 11) is 0. The molecule has 1 aromatic carbocycles. The van der Waals surface area contributed by atoms with Gasteiger partial charge in [0, 0.05) is 11.6 Å². The summed E-state index contributed by atoms with van der Waals surface area (Å²) >= 11 is 5.78. The third kappa shape index (κ3) is 4.48. The van der Waals surface area contributed by atoms with E-state index in [1.165, 1.54) is 0 Å². The van der Waals surface area contributed by atoms with Crippen LogP contribution in [0.2, 0.25) is 5.02 Å². The van der Waals surface area contributed by atoms with Crippen LogP contribution >= 0.6 is 11.6 Å². The molecule has 0 aliphatic heterocycles. The van der Waals surface area contributed by atoms with Crippen molar-refractivity contribution in [2.75, 3.05) is 6.54 Å². The van der Waals surface area contributed by atoms with E-state index < -0.39 is 0 Å². The van der Waals surface area contributed by atoms with Crippen molar-refractivity contribution in [2.24, 2.45) is 0 Å². The first kappa shape index (κ1) is 11.5. The van der Waals surface area contributed by atoms with E-state index in [1.807, 2.05) is 12.1 Å². The van der Waals surface area contributed by atoms with E-state index in [1.54, 1.807) is 18.2 Å². The predicted octanol–water partition coefficient (Wildman–Crippen LogP) is 1.91. The van der Waals surface area contributed by atoms with Gasteiger partial charge in [0.05, 0.1) is 18.9 Å². The Morgan fingerprint density at radius 2 is 2.33 bits per heavy atom. The summed E-state index contributed by atoms with van der Waals surface area (Å²) in [6.07, 6.45) is 0.632. The van der Waals surface area contributed by atoms with E-state index >= 15 is 0 Å². The smallest absolute Gasteiger partial charge is 0.224 e. The standard InChI is InChI=1S/C11H11ClN2O/c12-10-4-1-3-9(7-10)8-11(15)14-6-2-5-13/h1,3-4,7H,2,6,8H2,(H,14,15). The molecular weight excluding hydrogens is 212 g/mol. The van der Waals surface area contributed by atoms with Crippen LogP contribution in [0.3, 0.4) is 0 Å². The highest BCUT2D eigenvalue weighted by Crippen LogP contribution is 2.10. The van der Waals surface area contributed by atoms with Gasteiger partial charge in [0.15, 0.2) is 0 Å². The van der Waals surface area contributed by atoms with Crippen molar-refractivity contribution in [2.45, 2.75) is 12.8 Å². The number of nitriles is 1. The van der Waals surface area contributed by atoms with Crippen molar-refractivity contribution in [1.82, 2.24) is 5.32 Å². The summed E-state index contributed by atoms with van der Waals surface area (Å²) in [5, 5.41) is 11.6. The molecule has 0 fully saturated rings. The SMILES string of the molecule is N#CCCNC(=O)Cc1cccc(Cl)c1. The molecule has 0 aliphatic rings. The molecule has 15 heavy (non-hydrogen) atoms. The normalized spacial score (nSPS) is 9.33. The van der Waals surface area contributed by atoms with Crippen LogP contribution in [0.5, 0.6) is 0 Å². The van der Waals surface area contributed by atoms with Gasteiger partial charge in [-0.2, -0.15) is 5.26 Å². The molecule has 0 unspecified atom stereocenters. The Morgan fingerprint density at radius 3 is 3.00 bits per heavy atom. The number of amides is 1. The first-order valence-corrected chi connectivity index (χ1v) is 4.98. The molecule has 78 valence electrons. The molecule has 0 saturated heterocycles. The van der Waals surface area contributed by atoms with Crippen LogP contribution in [0.1, 0.15) is 12.0 Å². The molecule has 0 spiro atoms. The van der Waals surface area contributed by atoms with Gasteiger partial charge in [-0.05, 0) is 17.7 Å². The summed E-state index contributed by atoms with van der Waals surface area (Å²) in [5.74, 6) is -0.0903. The van der Waals surface area contributed by atoms with Crippen LogP contribution in [-0.4, -0.2) is 12.5 Å². The highest BCUT2D eigenvalue weighted by atomic mass is 35.5. The topological polar surface area (TPSA) is 52.9 Å². The number of rotatable bonds is 4. The largest absolute Gasteiger partial charge is 0.355 e. The molecule has 1 N–H and O–H groups in total. The Morgan fingerprint density at radius 1 is 1.53 bits per heavy atom. The van der Waals surface area contributed by atoms with Gasteiger partial charge in [0.2, 0.25) is 5.91 Å². The van der Waals surface area contributed by atoms with Gasteiger partial charge in [-0.25, -0.2) is 0 Å². The van der Waals surface area contributed by atoms with Gasteiger partial charge in [0.25, 0.3) is 0 Å². The molecule has 0 heterocycles. The van der Waals surface area contributed by atoms with E-state index in [2.05, 4.69) is 5.32 Å². The van der Waals surface area contributed by atoms with Crippen molar-refractivity contribution >= 4 is 17.5 Å².